The average Bonchev–Trinajstić information content (AvgIpc) is 3.08. The number of rotatable bonds is 4. The highest BCUT2D eigenvalue weighted by Crippen LogP contribution is 2.33. The molecule has 140 valence electrons. The first-order valence-electron chi connectivity index (χ1n) is 8.36. The maximum absolute atomic E-state index is 12.6. The molecule has 2 aromatic carbocycles. The van der Waals surface area contributed by atoms with Gasteiger partial charge in [0.15, 0.2) is 11.5 Å². The zero-order chi connectivity index (χ0) is 19.2. The Labute approximate surface area is 156 Å². The Kier molecular flexibility index (Phi) is 4.16. The fraction of sp³-hybridized carbons (Fsp3) is 0.211. The van der Waals surface area contributed by atoms with Crippen molar-refractivity contribution in [2.75, 3.05) is 6.79 Å². The Balaban J connectivity index is 1.63. The smallest absolute Gasteiger partial charge is 0.252 e. The fourth-order valence-electron chi connectivity index (χ4n) is 3.16. The molecule has 1 aromatic heterocycles. The van der Waals surface area contributed by atoms with Crippen LogP contribution in [0.25, 0.3) is 10.9 Å². The van der Waals surface area contributed by atoms with Gasteiger partial charge in [0.25, 0.3) is 5.56 Å². The van der Waals surface area contributed by atoms with Crippen molar-refractivity contribution < 1.29 is 17.9 Å². The second-order valence-corrected chi connectivity index (χ2v) is 8.28. The van der Waals surface area contributed by atoms with Crippen LogP contribution in [0.3, 0.4) is 0 Å². The molecule has 2 heterocycles. The summed E-state index contributed by atoms with van der Waals surface area (Å²) in [5.41, 5.74) is 2.82. The van der Waals surface area contributed by atoms with Crippen molar-refractivity contribution in [2.24, 2.45) is 0 Å². The van der Waals surface area contributed by atoms with E-state index in [-0.39, 0.29) is 23.8 Å². The van der Waals surface area contributed by atoms with E-state index in [2.05, 4.69) is 9.71 Å². The number of fused-ring (bicyclic) bond motifs is 2. The Bertz CT molecular complexity index is 1210. The van der Waals surface area contributed by atoms with Gasteiger partial charge in [0.05, 0.1) is 10.4 Å². The molecule has 1 aliphatic heterocycles. The molecular weight excluding hydrogens is 368 g/mol. The van der Waals surface area contributed by atoms with Gasteiger partial charge < -0.3 is 14.5 Å². The summed E-state index contributed by atoms with van der Waals surface area (Å²) in [7, 11) is -3.80. The van der Waals surface area contributed by atoms with Crippen LogP contribution in [0.4, 0.5) is 0 Å². The van der Waals surface area contributed by atoms with Crippen LogP contribution in [0.2, 0.25) is 0 Å². The summed E-state index contributed by atoms with van der Waals surface area (Å²) in [6, 6.07) is 10.0. The van der Waals surface area contributed by atoms with Crippen molar-refractivity contribution >= 4 is 20.9 Å². The Hall–Kier alpha value is -2.84. The Morgan fingerprint density at radius 2 is 1.85 bits per heavy atom. The van der Waals surface area contributed by atoms with Crippen LogP contribution >= 0.6 is 0 Å². The number of pyridine rings is 1. The lowest BCUT2D eigenvalue weighted by molar-refractivity contribution is 0.174. The van der Waals surface area contributed by atoms with E-state index in [0.29, 0.717) is 17.1 Å². The lowest BCUT2D eigenvalue weighted by Gasteiger charge is -2.09. The molecule has 0 unspecified atom stereocenters. The molecule has 8 heteroatoms. The SMILES string of the molecule is Cc1cc(C)c2[nH]c(=O)c(CNS(=O)(=O)c3ccc4c(c3)OCO4)cc2c1. The molecule has 0 amide bonds. The van der Waals surface area contributed by atoms with Crippen LogP contribution in [0, 0.1) is 13.8 Å². The molecule has 0 spiro atoms. The maximum atomic E-state index is 12.6. The third-order valence-corrected chi connectivity index (χ3v) is 5.88. The predicted octanol–water partition coefficient (Wildman–Crippen LogP) is 2.35. The second-order valence-electron chi connectivity index (χ2n) is 6.51. The highest BCUT2D eigenvalue weighted by Gasteiger charge is 2.20. The van der Waals surface area contributed by atoms with Crippen LogP contribution in [0.1, 0.15) is 16.7 Å². The van der Waals surface area contributed by atoms with Gasteiger partial charge in [-0.25, -0.2) is 13.1 Å². The molecule has 0 atom stereocenters. The average molecular weight is 386 g/mol. The molecule has 0 aliphatic carbocycles. The normalized spacial score (nSPS) is 13.3. The first-order valence-corrected chi connectivity index (χ1v) is 9.84. The maximum Gasteiger partial charge on any atom is 0.252 e. The molecule has 0 radical (unpaired) electrons. The summed E-state index contributed by atoms with van der Waals surface area (Å²) in [5, 5.41) is 0.865. The molecule has 0 saturated heterocycles. The predicted molar refractivity (Wildman–Crippen MR) is 101 cm³/mol. The van der Waals surface area contributed by atoms with Gasteiger partial charge in [-0.2, -0.15) is 0 Å². The van der Waals surface area contributed by atoms with E-state index in [1.165, 1.54) is 12.1 Å². The van der Waals surface area contributed by atoms with E-state index in [0.717, 1.165) is 22.0 Å². The van der Waals surface area contributed by atoms with Crippen LogP contribution in [-0.2, 0) is 16.6 Å². The number of benzene rings is 2. The van der Waals surface area contributed by atoms with E-state index >= 15 is 0 Å². The standard InChI is InChI=1S/C19H18N2O5S/c1-11-5-12(2)18-13(6-11)7-14(19(22)21-18)9-20-27(23,24)15-3-4-16-17(8-15)26-10-25-16/h3-8,20H,9-10H2,1-2H3,(H,21,22). The van der Waals surface area contributed by atoms with Gasteiger partial charge in [0, 0.05) is 18.2 Å². The van der Waals surface area contributed by atoms with Crippen molar-refractivity contribution in [3.63, 3.8) is 0 Å². The van der Waals surface area contributed by atoms with Crippen LogP contribution < -0.4 is 19.8 Å². The summed E-state index contributed by atoms with van der Waals surface area (Å²) in [6.45, 7) is 3.85. The number of hydrogen-bond donors (Lipinski definition) is 2. The summed E-state index contributed by atoms with van der Waals surface area (Å²) in [4.78, 5) is 15.2. The minimum Gasteiger partial charge on any atom is -0.454 e. The van der Waals surface area contributed by atoms with Gasteiger partial charge in [-0.3, -0.25) is 4.79 Å². The lowest BCUT2D eigenvalue weighted by atomic mass is 10.1. The molecule has 4 rings (SSSR count). The summed E-state index contributed by atoms with van der Waals surface area (Å²) < 4.78 is 38.0. The highest BCUT2D eigenvalue weighted by atomic mass is 32.2. The van der Waals surface area contributed by atoms with Crippen LogP contribution in [0.15, 0.2) is 46.1 Å². The van der Waals surface area contributed by atoms with Crippen molar-refractivity contribution in [2.45, 2.75) is 25.3 Å². The van der Waals surface area contributed by atoms with E-state index < -0.39 is 10.0 Å². The molecule has 0 fully saturated rings. The van der Waals surface area contributed by atoms with Gasteiger partial charge in [-0.15, -0.1) is 0 Å². The summed E-state index contributed by atoms with van der Waals surface area (Å²) in [6.07, 6.45) is 0. The third kappa shape index (κ3) is 3.29. The summed E-state index contributed by atoms with van der Waals surface area (Å²) in [5.74, 6) is 0.887. The molecular formula is C19H18N2O5S. The van der Waals surface area contributed by atoms with Gasteiger partial charge in [-0.1, -0.05) is 11.6 Å². The van der Waals surface area contributed by atoms with Crippen molar-refractivity contribution in [1.82, 2.24) is 9.71 Å². The lowest BCUT2D eigenvalue weighted by Crippen LogP contribution is -2.27. The Morgan fingerprint density at radius 1 is 1.07 bits per heavy atom. The van der Waals surface area contributed by atoms with Crippen molar-refractivity contribution in [3.05, 3.63) is 63.4 Å². The number of aromatic amines is 1. The quantitative estimate of drug-likeness (QED) is 0.717. The number of sulfonamides is 1. The van der Waals surface area contributed by atoms with E-state index in [4.69, 9.17) is 9.47 Å². The summed E-state index contributed by atoms with van der Waals surface area (Å²) >= 11 is 0. The number of aromatic nitrogens is 1. The van der Waals surface area contributed by atoms with Gasteiger partial charge in [-0.05, 0) is 49.1 Å². The van der Waals surface area contributed by atoms with Gasteiger partial charge >= 0.3 is 0 Å². The molecule has 1 aliphatic rings. The van der Waals surface area contributed by atoms with E-state index in [9.17, 15) is 13.2 Å². The van der Waals surface area contributed by atoms with E-state index in [1.807, 2.05) is 26.0 Å². The third-order valence-electron chi connectivity index (χ3n) is 4.48. The molecule has 2 N–H and O–H groups in total. The Morgan fingerprint density at radius 3 is 2.67 bits per heavy atom. The van der Waals surface area contributed by atoms with Gasteiger partial charge in [0.2, 0.25) is 16.8 Å². The monoisotopic (exact) mass is 386 g/mol. The zero-order valence-electron chi connectivity index (χ0n) is 14.8. The first kappa shape index (κ1) is 17.6. The molecule has 0 saturated carbocycles. The van der Waals surface area contributed by atoms with Crippen molar-refractivity contribution in [3.8, 4) is 11.5 Å². The molecule has 27 heavy (non-hydrogen) atoms. The first-order chi connectivity index (χ1) is 12.8. The van der Waals surface area contributed by atoms with E-state index in [1.54, 1.807) is 12.1 Å². The number of hydrogen-bond acceptors (Lipinski definition) is 5. The number of H-pyrrole nitrogens is 1. The highest BCUT2D eigenvalue weighted by molar-refractivity contribution is 7.89. The number of aryl methyl sites for hydroxylation is 2. The topological polar surface area (TPSA) is 97.5 Å². The molecule has 3 aromatic rings. The van der Waals surface area contributed by atoms with Crippen molar-refractivity contribution in [1.29, 1.82) is 0 Å². The minimum absolute atomic E-state index is 0.0515. The van der Waals surface area contributed by atoms with Crippen LogP contribution in [-0.4, -0.2) is 20.2 Å². The zero-order valence-corrected chi connectivity index (χ0v) is 15.6. The number of nitrogens with one attached hydrogen (secondary N) is 2. The van der Waals surface area contributed by atoms with Gasteiger partial charge in [0.1, 0.15) is 0 Å². The van der Waals surface area contributed by atoms with Crippen LogP contribution in [0.5, 0.6) is 11.5 Å². The second kappa shape index (κ2) is 6.40. The molecule has 0 bridgehead atoms. The largest absolute Gasteiger partial charge is 0.454 e. The number of ether oxygens (including phenoxy) is 2. The molecule has 7 nitrogen and oxygen atoms in total. The fourth-order valence-corrected chi connectivity index (χ4v) is 4.19. The minimum atomic E-state index is -3.80.